The molecule has 0 aliphatic heterocycles. The molecule has 3 N–H and O–H groups in total. The van der Waals surface area contributed by atoms with Gasteiger partial charge < -0.3 is 15.3 Å². The summed E-state index contributed by atoms with van der Waals surface area (Å²) in [5, 5.41) is 31.2. The fourth-order valence-corrected chi connectivity index (χ4v) is 5.83. The van der Waals surface area contributed by atoms with E-state index in [0.29, 0.717) is 30.6 Å². The van der Waals surface area contributed by atoms with E-state index < -0.39 is 11.7 Å². The number of aliphatic hydroxyl groups is 2. The van der Waals surface area contributed by atoms with Crippen molar-refractivity contribution >= 4 is 0 Å². The van der Waals surface area contributed by atoms with Gasteiger partial charge in [0.15, 0.2) is 0 Å². The largest absolute Gasteiger partial charge is 0.508 e. The quantitative estimate of drug-likeness (QED) is 0.645. The van der Waals surface area contributed by atoms with Crippen molar-refractivity contribution in [1.29, 1.82) is 0 Å². The van der Waals surface area contributed by atoms with Crippen LogP contribution in [0.1, 0.15) is 62.2 Å². The molecule has 3 nitrogen and oxygen atoms in total. The molecule has 0 radical (unpaired) electrons. The number of fused-ring (bicyclic) bond motifs is 5. The normalized spacial score (nSPS) is 44.8. The van der Waals surface area contributed by atoms with Gasteiger partial charge in [-0.1, -0.05) is 18.9 Å². The third kappa shape index (κ3) is 1.86. The lowest BCUT2D eigenvalue weighted by Gasteiger charge is -2.52. The Balaban J connectivity index is 1.76. The number of aromatic hydroxyl groups is 1. The summed E-state index contributed by atoms with van der Waals surface area (Å²) in [4.78, 5) is 0. The standard InChI is InChI=1S/C20H24O3/c1-3-20(23)9-7-17-15-11-18(22)16-10-12(21)4-5-13(16)14(15)6-8-19(17,20)2/h1,4-5,10,14-15,17-18,21-23H,6-9,11H2,2H3/t14-,15+,17-,18+,19+,20+/m1/s1. The SMILES string of the molecule is C#C[C@]1(O)CC[C@@H]2[C@H]3C[C@H](O)c4cc(O)ccc4[C@H]3CC[C@@]21C. The highest BCUT2D eigenvalue weighted by molar-refractivity contribution is 5.42. The predicted molar refractivity (Wildman–Crippen MR) is 87.8 cm³/mol. The maximum absolute atomic E-state index is 10.9. The molecule has 122 valence electrons. The van der Waals surface area contributed by atoms with Crippen LogP contribution in [-0.2, 0) is 0 Å². The Morgan fingerprint density at radius 3 is 2.74 bits per heavy atom. The maximum atomic E-state index is 10.9. The first-order valence-corrected chi connectivity index (χ1v) is 8.60. The van der Waals surface area contributed by atoms with E-state index in [1.807, 2.05) is 6.07 Å². The van der Waals surface area contributed by atoms with Gasteiger partial charge in [-0.3, -0.25) is 0 Å². The first-order chi connectivity index (χ1) is 10.9. The van der Waals surface area contributed by atoms with Crippen molar-refractivity contribution < 1.29 is 15.3 Å². The smallest absolute Gasteiger partial charge is 0.130 e. The molecule has 3 heteroatoms. The summed E-state index contributed by atoms with van der Waals surface area (Å²) in [6.45, 7) is 2.14. The van der Waals surface area contributed by atoms with Crippen LogP contribution in [0, 0.1) is 29.6 Å². The van der Waals surface area contributed by atoms with Crippen LogP contribution in [-0.4, -0.2) is 20.9 Å². The second kappa shape index (κ2) is 4.75. The molecule has 0 aromatic heterocycles. The minimum atomic E-state index is -1.01. The third-order valence-corrected chi connectivity index (χ3v) is 7.15. The summed E-state index contributed by atoms with van der Waals surface area (Å²) in [5.41, 5.74) is 0.782. The van der Waals surface area contributed by atoms with Gasteiger partial charge in [0.1, 0.15) is 11.4 Å². The van der Waals surface area contributed by atoms with Crippen LogP contribution in [0.4, 0.5) is 0 Å². The monoisotopic (exact) mass is 312 g/mol. The van der Waals surface area contributed by atoms with Crippen molar-refractivity contribution in [2.45, 2.75) is 56.7 Å². The molecule has 1 aromatic rings. The van der Waals surface area contributed by atoms with Crippen LogP contribution in [0.5, 0.6) is 5.75 Å². The minimum absolute atomic E-state index is 0.212. The van der Waals surface area contributed by atoms with Crippen LogP contribution in [0.15, 0.2) is 18.2 Å². The highest BCUT2D eigenvalue weighted by Crippen LogP contribution is 2.65. The summed E-state index contributed by atoms with van der Waals surface area (Å²) in [5.74, 6) is 3.98. The Kier molecular flexibility index (Phi) is 3.11. The molecule has 23 heavy (non-hydrogen) atoms. The minimum Gasteiger partial charge on any atom is -0.508 e. The lowest BCUT2D eigenvalue weighted by molar-refractivity contribution is -0.0729. The zero-order chi connectivity index (χ0) is 16.4. The van der Waals surface area contributed by atoms with Crippen molar-refractivity contribution in [3.05, 3.63) is 29.3 Å². The van der Waals surface area contributed by atoms with Gasteiger partial charge in [0.05, 0.1) is 6.10 Å². The Morgan fingerprint density at radius 2 is 2.00 bits per heavy atom. The van der Waals surface area contributed by atoms with Crippen molar-refractivity contribution in [1.82, 2.24) is 0 Å². The van der Waals surface area contributed by atoms with E-state index in [0.717, 1.165) is 24.8 Å². The molecule has 0 amide bonds. The van der Waals surface area contributed by atoms with E-state index in [-0.39, 0.29) is 11.2 Å². The fourth-order valence-electron chi connectivity index (χ4n) is 5.83. The molecule has 4 rings (SSSR count). The number of hydrogen-bond acceptors (Lipinski definition) is 3. The summed E-state index contributed by atoms with van der Waals surface area (Å²) >= 11 is 0. The highest BCUT2D eigenvalue weighted by Gasteiger charge is 2.61. The highest BCUT2D eigenvalue weighted by atomic mass is 16.3. The second-order valence-corrected chi connectivity index (χ2v) is 7.94. The van der Waals surface area contributed by atoms with Gasteiger partial charge in [0, 0.05) is 5.41 Å². The number of terminal acetylenes is 1. The Labute approximate surface area is 137 Å². The lowest BCUT2D eigenvalue weighted by atomic mass is 9.53. The number of rotatable bonds is 0. The second-order valence-electron chi connectivity index (χ2n) is 7.94. The van der Waals surface area contributed by atoms with E-state index in [1.54, 1.807) is 12.1 Å². The molecule has 0 saturated heterocycles. The Morgan fingerprint density at radius 1 is 1.22 bits per heavy atom. The summed E-state index contributed by atoms with van der Waals surface area (Å²) in [6, 6.07) is 5.39. The summed E-state index contributed by atoms with van der Waals surface area (Å²) in [6.07, 6.45) is 9.31. The maximum Gasteiger partial charge on any atom is 0.130 e. The molecule has 6 atom stereocenters. The molecule has 0 heterocycles. The van der Waals surface area contributed by atoms with Gasteiger partial charge >= 0.3 is 0 Å². The molecule has 3 aliphatic rings. The average molecular weight is 312 g/mol. The van der Waals surface area contributed by atoms with E-state index in [9.17, 15) is 15.3 Å². The molecule has 0 bridgehead atoms. The molecule has 1 aromatic carbocycles. The summed E-state index contributed by atoms with van der Waals surface area (Å²) in [7, 11) is 0. The molecular weight excluding hydrogens is 288 g/mol. The van der Waals surface area contributed by atoms with Gasteiger partial charge in [-0.05, 0) is 73.1 Å². The first kappa shape index (κ1) is 15.1. The van der Waals surface area contributed by atoms with E-state index >= 15 is 0 Å². The van der Waals surface area contributed by atoms with E-state index in [2.05, 4.69) is 12.8 Å². The number of benzene rings is 1. The van der Waals surface area contributed by atoms with Gasteiger partial charge in [-0.2, -0.15) is 0 Å². The van der Waals surface area contributed by atoms with Crippen molar-refractivity contribution in [2.24, 2.45) is 17.3 Å². The third-order valence-electron chi connectivity index (χ3n) is 7.15. The van der Waals surface area contributed by atoms with Crippen molar-refractivity contribution in [3.63, 3.8) is 0 Å². The zero-order valence-corrected chi connectivity index (χ0v) is 13.5. The first-order valence-electron chi connectivity index (χ1n) is 8.60. The Hall–Kier alpha value is -1.50. The zero-order valence-electron chi connectivity index (χ0n) is 13.5. The molecule has 2 saturated carbocycles. The van der Waals surface area contributed by atoms with E-state index in [4.69, 9.17) is 6.42 Å². The van der Waals surface area contributed by atoms with Gasteiger partial charge in [-0.25, -0.2) is 0 Å². The molecular formula is C20H24O3. The fraction of sp³-hybridized carbons (Fsp3) is 0.600. The molecule has 3 aliphatic carbocycles. The number of aliphatic hydroxyl groups excluding tert-OH is 1. The van der Waals surface area contributed by atoms with Crippen LogP contribution in [0.3, 0.4) is 0 Å². The van der Waals surface area contributed by atoms with Crippen LogP contribution >= 0.6 is 0 Å². The number of hydrogen-bond donors (Lipinski definition) is 3. The average Bonchev–Trinajstić information content (AvgIpc) is 2.80. The number of phenolic OH excluding ortho intramolecular Hbond substituents is 1. The topological polar surface area (TPSA) is 60.7 Å². The predicted octanol–water partition coefficient (Wildman–Crippen LogP) is 3.10. The Bertz CT molecular complexity index is 691. The van der Waals surface area contributed by atoms with Crippen LogP contribution in [0.25, 0.3) is 0 Å². The van der Waals surface area contributed by atoms with Gasteiger partial charge in [0.2, 0.25) is 0 Å². The van der Waals surface area contributed by atoms with Crippen LogP contribution in [0.2, 0.25) is 0 Å². The molecule has 2 fully saturated rings. The van der Waals surface area contributed by atoms with Gasteiger partial charge in [0.25, 0.3) is 0 Å². The van der Waals surface area contributed by atoms with Crippen molar-refractivity contribution in [3.8, 4) is 18.1 Å². The van der Waals surface area contributed by atoms with Crippen LogP contribution < -0.4 is 0 Å². The lowest BCUT2D eigenvalue weighted by Crippen LogP contribution is -2.50. The van der Waals surface area contributed by atoms with E-state index in [1.165, 1.54) is 5.56 Å². The molecule has 0 unspecified atom stereocenters. The van der Waals surface area contributed by atoms with Crippen molar-refractivity contribution in [2.75, 3.05) is 0 Å². The van der Waals surface area contributed by atoms with Gasteiger partial charge in [-0.15, -0.1) is 6.42 Å². The number of phenols is 1. The molecule has 0 spiro atoms. The summed E-state index contributed by atoms with van der Waals surface area (Å²) < 4.78 is 0.